The van der Waals surface area contributed by atoms with E-state index in [1.165, 1.54) is 16.5 Å². The predicted octanol–water partition coefficient (Wildman–Crippen LogP) is 3.01. The van der Waals surface area contributed by atoms with Crippen LogP contribution in [0.3, 0.4) is 0 Å². The molecular formula is C22H25N3O6. The molecule has 1 aromatic carbocycles. The number of rotatable bonds is 9. The molecule has 9 nitrogen and oxygen atoms in total. The van der Waals surface area contributed by atoms with Crippen LogP contribution in [0.5, 0.6) is 0 Å². The van der Waals surface area contributed by atoms with E-state index in [2.05, 4.69) is 38.9 Å². The second kappa shape index (κ2) is 12.0. The standard InChI is InChI=1S/C18H21N3O2.C4H4O4/c1-2-23-18(22)8-5-11-21-13-14(12-17-19-9-10-20-17)15-6-3-4-7-16(15)21;5-3(6)1-2-4(7)8/h3-4,6-7,9-10,13H,2,5,8,11-12H2,1H3,(H,19,20);1-2H,(H,5,6)(H,7,8). The van der Waals surface area contributed by atoms with Crippen LogP contribution in [0.15, 0.2) is 55.0 Å². The maximum atomic E-state index is 11.5. The van der Waals surface area contributed by atoms with Crippen LogP contribution < -0.4 is 0 Å². The number of para-hydroxylation sites is 1. The highest BCUT2D eigenvalue weighted by molar-refractivity contribution is 5.89. The molecule has 0 fully saturated rings. The molecule has 0 unspecified atom stereocenters. The number of carbonyl (C=O) groups is 3. The average Bonchev–Trinajstić information content (AvgIpc) is 3.36. The first kappa shape index (κ1) is 23.4. The van der Waals surface area contributed by atoms with Crippen molar-refractivity contribution in [1.82, 2.24) is 14.5 Å². The number of esters is 1. The van der Waals surface area contributed by atoms with E-state index < -0.39 is 11.9 Å². The van der Waals surface area contributed by atoms with Gasteiger partial charge in [-0.1, -0.05) is 18.2 Å². The summed E-state index contributed by atoms with van der Waals surface area (Å²) in [7, 11) is 0. The number of fused-ring (bicyclic) bond motifs is 1. The Bertz CT molecular complexity index is 1020. The number of nitrogens with zero attached hydrogens (tertiary/aromatic N) is 2. The zero-order valence-electron chi connectivity index (χ0n) is 17.2. The molecule has 0 aliphatic heterocycles. The number of aliphatic carboxylic acids is 2. The van der Waals surface area contributed by atoms with E-state index in [4.69, 9.17) is 14.9 Å². The van der Waals surface area contributed by atoms with Crippen molar-refractivity contribution in [2.24, 2.45) is 0 Å². The van der Waals surface area contributed by atoms with Crippen molar-refractivity contribution < 1.29 is 29.3 Å². The maximum absolute atomic E-state index is 11.5. The number of imidazole rings is 1. The quantitative estimate of drug-likeness (QED) is 0.353. The van der Waals surface area contributed by atoms with E-state index in [1.807, 2.05) is 19.2 Å². The molecule has 3 aromatic rings. The van der Waals surface area contributed by atoms with Crippen LogP contribution in [0.2, 0.25) is 0 Å². The lowest BCUT2D eigenvalue weighted by Gasteiger charge is -2.05. The minimum absolute atomic E-state index is 0.125. The van der Waals surface area contributed by atoms with Gasteiger partial charge in [-0.15, -0.1) is 0 Å². The van der Waals surface area contributed by atoms with Crippen molar-refractivity contribution >= 4 is 28.8 Å². The molecule has 3 rings (SSSR count). The van der Waals surface area contributed by atoms with Crippen LogP contribution in [-0.2, 0) is 32.1 Å². The molecule has 0 bridgehead atoms. The molecule has 0 spiro atoms. The second-order valence-electron chi connectivity index (χ2n) is 6.50. The number of hydrogen-bond donors (Lipinski definition) is 3. The van der Waals surface area contributed by atoms with Gasteiger partial charge in [0.15, 0.2) is 0 Å². The van der Waals surface area contributed by atoms with Crippen LogP contribution in [-0.4, -0.2) is 49.3 Å². The van der Waals surface area contributed by atoms with Crippen molar-refractivity contribution in [3.8, 4) is 0 Å². The molecule has 0 aliphatic carbocycles. The maximum Gasteiger partial charge on any atom is 0.328 e. The highest BCUT2D eigenvalue weighted by atomic mass is 16.5. The molecule has 0 saturated carbocycles. The molecule has 0 saturated heterocycles. The Balaban J connectivity index is 0.000000366. The Morgan fingerprint density at radius 1 is 1.16 bits per heavy atom. The monoisotopic (exact) mass is 427 g/mol. The number of aromatic nitrogens is 3. The number of aromatic amines is 1. The first-order chi connectivity index (χ1) is 14.9. The lowest BCUT2D eigenvalue weighted by Crippen LogP contribution is -2.06. The summed E-state index contributed by atoms with van der Waals surface area (Å²) < 4.78 is 7.20. The van der Waals surface area contributed by atoms with Crippen LogP contribution in [0.4, 0.5) is 0 Å². The fraction of sp³-hybridized carbons (Fsp3) is 0.273. The summed E-state index contributed by atoms with van der Waals surface area (Å²) in [5, 5.41) is 16.9. The number of H-pyrrole nitrogens is 1. The third-order valence-corrected chi connectivity index (χ3v) is 4.24. The zero-order chi connectivity index (χ0) is 22.6. The Kier molecular flexibility index (Phi) is 9.03. The van der Waals surface area contributed by atoms with Crippen molar-refractivity contribution in [3.63, 3.8) is 0 Å². The molecule has 3 N–H and O–H groups in total. The lowest BCUT2D eigenvalue weighted by atomic mass is 10.1. The highest BCUT2D eigenvalue weighted by Gasteiger charge is 2.10. The summed E-state index contributed by atoms with van der Waals surface area (Å²) in [6, 6.07) is 8.35. The number of carboxylic acid groups (broad SMARTS) is 2. The highest BCUT2D eigenvalue weighted by Crippen LogP contribution is 2.23. The molecule has 0 radical (unpaired) electrons. The fourth-order valence-electron chi connectivity index (χ4n) is 2.99. The molecule has 0 amide bonds. The van der Waals surface area contributed by atoms with E-state index in [1.54, 1.807) is 6.20 Å². The van der Waals surface area contributed by atoms with E-state index in [9.17, 15) is 14.4 Å². The van der Waals surface area contributed by atoms with E-state index in [0.717, 1.165) is 25.2 Å². The van der Waals surface area contributed by atoms with Gasteiger partial charge in [0.05, 0.1) is 6.61 Å². The second-order valence-corrected chi connectivity index (χ2v) is 6.50. The molecule has 0 atom stereocenters. The van der Waals surface area contributed by atoms with Gasteiger partial charge in [0.25, 0.3) is 0 Å². The summed E-state index contributed by atoms with van der Waals surface area (Å²) in [4.78, 5) is 38.0. The van der Waals surface area contributed by atoms with Crippen molar-refractivity contribution in [3.05, 3.63) is 66.4 Å². The van der Waals surface area contributed by atoms with Gasteiger partial charge in [0.2, 0.25) is 0 Å². The van der Waals surface area contributed by atoms with Gasteiger partial charge in [-0.3, -0.25) is 4.79 Å². The Labute approximate surface area is 179 Å². The smallest absolute Gasteiger partial charge is 0.328 e. The summed E-state index contributed by atoms with van der Waals surface area (Å²) in [5.41, 5.74) is 2.43. The Morgan fingerprint density at radius 2 is 1.87 bits per heavy atom. The van der Waals surface area contributed by atoms with Gasteiger partial charge in [0, 0.05) is 61.0 Å². The summed E-state index contributed by atoms with van der Waals surface area (Å²) in [6.07, 6.45) is 8.90. The molecule has 164 valence electrons. The largest absolute Gasteiger partial charge is 0.478 e. The van der Waals surface area contributed by atoms with Gasteiger partial charge in [-0.2, -0.15) is 0 Å². The number of benzene rings is 1. The van der Waals surface area contributed by atoms with Crippen LogP contribution in [0.1, 0.15) is 31.2 Å². The zero-order valence-corrected chi connectivity index (χ0v) is 17.2. The third kappa shape index (κ3) is 7.81. The van der Waals surface area contributed by atoms with Gasteiger partial charge >= 0.3 is 17.9 Å². The molecular weight excluding hydrogens is 402 g/mol. The number of carbonyl (C=O) groups excluding carboxylic acids is 1. The molecule has 2 heterocycles. The molecule has 9 heteroatoms. The first-order valence-electron chi connectivity index (χ1n) is 9.75. The lowest BCUT2D eigenvalue weighted by molar-refractivity contribution is -0.143. The number of carboxylic acids is 2. The number of nitrogens with one attached hydrogen (secondary N) is 1. The third-order valence-electron chi connectivity index (χ3n) is 4.24. The van der Waals surface area contributed by atoms with Crippen LogP contribution in [0.25, 0.3) is 10.9 Å². The average molecular weight is 427 g/mol. The normalized spacial score (nSPS) is 10.6. The van der Waals surface area contributed by atoms with Gasteiger partial charge < -0.3 is 24.5 Å². The summed E-state index contributed by atoms with van der Waals surface area (Å²) in [6.45, 7) is 3.08. The summed E-state index contributed by atoms with van der Waals surface area (Å²) in [5.74, 6) is -1.68. The fourth-order valence-corrected chi connectivity index (χ4v) is 2.99. The number of aryl methyl sites for hydroxylation is 1. The van der Waals surface area contributed by atoms with Crippen LogP contribution >= 0.6 is 0 Å². The van der Waals surface area contributed by atoms with Crippen molar-refractivity contribution in [2.45, 2.75) is 32.7 Å². The SMILES string of the molecule is CCOC(=O)CCCn1cc(Cc2ncc[nH]2)c2ccccc21.O=C(O)C=CC(=O)O. The van der Waals surface area contributed by atoms with Gasteiger partial charge in [0.1, 0.15) is 5.82 Å². The van der Waals surface area contributed by atoms with E-state index in [0.29, 0.717) is 25.2 Å². The molecule has 2 aromatic heterocycles. The van der Waals surface area contributed by atoms with Gasteiger partial charge in [-0.25, -0.2) is 14.6 Å². The van der Waals surface area contributed by atoms with Crippen molar-refractivity contribution in [2.75, 3.05) is 6.61 Å². The van der Waals surface area contributed by atoms with E-state index in [-0.39, 0.29) is 5.97 Å². The Hall–Kier alpha value is -3.88. The molecule has 0 aliphatic rings. The topological polar surface area (TPSA) is 135 Å². The minimum atomic E-state index is -1.26. The predicted molar refractivity (Wildman–Crippen MR) is 114 cm³/mol. The number of ether oxygens (including phenoxy) is 1. The first-order valence-corrected chi connectivity index (χ1v) is 9.75. The molecule has 31 heavy (non-hydrogen) atoms. The Morgan fingerprint density at radius 3 is 2.48 bits per heavy atom. The number of hydrogen-bond acceptors (Lipinski definition) is 5. The minimum Gasteiger partial charge on any atom is -0.478 e. The van der Waals surface area contributed by atoms with E-state index >= 15 is 0 Å². The summed E-state index contributed by atoms with van der Waals surface area (Å²) >= 11 is 0. The van der Waals surface area contributed by atoms with Crippen molar-refractivity contribution in [1.29, 1.82) is 0 Å². The van der Waals surface area contributed by atoms with Crippen LogP contribution in [0, 0.1) is 0 Å². The van der Waals surface area contributed by atoms with Gasteiger partial charge in [-0.05, 0) is 25.0 Å².